The van der Waals surface area contributed by atoms with Crippen LogP contribution in [0.15, 0.2) is 0 Å². The molecule has 0 aromatic rings. The van der Waals surface area contributed by atoms with Gasteiger partial charge in [0.25, 0.3) is 0 Å². The first-order chi connectivity index (χ1) is 3.15. The zero-order valence-electron chi connectivity index (χ0n) is 9.32. The molecule has 0 fully saturated rings. The van der Waals surface area contributed by atoms with Gasteiger partial charge in [0.1, 0.15) is 0 Å². The van der Waals surface area contributed by atoms with Crippen molar-refractivity contribution in [3.05, 3.63) is 0 Å². The van der Waals surface area contributed by atoms with E-state index in [9.17, 15) is 0 Å². The monoisotopic (exact) mass is 293 g/mol. The van der Waals surface area contributed by atoms with Gasteiger partial charge in [-0.2, -0.15) is 0 Å². The standard InChI is InChI=1S/C3H9N.C3H8.2BrH.Li.Mg.H/c1-3(2)4;1-3-2;;;;;/h3H,4H2,1-2H3;3H2,1-2H3;2*1H;;;/q;;;;+1;+2;-1/p-2. The first-order valence-corrected chi connectivity index (χ1v) is 2.90. The van der Waals surface area contributed by atoms with Crippen LogP contribution in [0.4, 0.5) is 0 Å². The van der Waals surface area contributed by atoms with Gasteiger partial charge in [-0.25, -0.2) is 0 Å². The summed E-state index contributed by atoms with van der Waals surface area (Å²) in [5, 5.41) is 0. The van der Waals surface area contributed by atoms with Crippen LogP contribution in [0.5, 0.6) is 0 Å². The van der Waals surface area contributed by atoms with Crippen LogP contribution in [0.1, 0.15) is 35.5 Å². The predicted molar refractivity (Wildman–Crippen MR) is 42.2 cm³/mol. The zero-order chi connectivity index (χ0) is 6.28. The third-order valence-electron chi connectivity index (χ3n) is 0. The van der Waals surface area contributed by atoms with E-state index in [1.807, 2.05) is 13.8 Å². The van der Waals surface area contributed by atoms with Gasteiger partial charge >= 0.3 is 41.9 Å². The van der Waals surface area contributed by atoms with Crippen LogP contribution in [0.25, 0.3) is 0 Å². The van der Waals surface area contributed by atoms with E-state index in [2.05, 4.69) is 13.8 Å². The molecule has 0 bridgehead atoms. The normalized spacial score (nSPS) is 4.91. The maximum absolute atomic E-state index is 5.11. The molecule has 64 valence electrons. The molecule has 0 unspecified atom stereocenters. The fourth-order valence-corrected chi connectivity index (χ4v) is 0. The van der Waals surface area contributed by atoms with Crippen molar-refractivity contribution in [1.29, 1.82) is 0 Å². The summed E-state index contributed by atoms with van der Waals surface area (Å²) in [6.07, 6.45) is 1.25. The maximum atomic E-state index is 5.11. The number of hydrogen-bond acceptors (Lipinski definition) is 1. The Morgan fingerprint density at radius 2 is 1.18 bits per heavy atom. The molecule has 2 N–H and O–H groups in total. The Morgan fingerprint density at radius 3 is 1.18 bits per heavy atom. The number of rotatable bonds is 0. The molecular formula is C6H18Br2LiMgN. The molecule has 0 aliphatic rings. The van der Waals surface area contributed by atoms with E-state index in [1.165, 1.54) is 6.42 Å². The van der Waals surface area contributed by atoms with Crippen molar-refractivity contribution >= 4 is 23.1 Å². The summed E-state index contributed by atoms with van der Waals surface area (Å²) in [4.78, 5) is 0. The molecule has 0 aliphatic carbocycles. The summed E-state index contributed by atoms with van der Waals surface area (Å²) in [5.74, 6) is 0. The average Bonchev–Trinajstić information content (AvgIpc) is 1.33. The average molecular weight is 295 g/mol. The van der Waals surface area contributed by atoms with Gasteiger partial charge in [0.2, 0.25) is 0 Å². The SMILES string of the molecule is CC(C)N.CCC.[Br-].[Br-].[H-].[Li+].[Mg+2]. The first-order valence-electron chi connectivity index (χ1n) is 2.90. The van der Waals surface area contributed by atoms with Crippen LogP contribution in [-0.4, -0.2) is 29.1 Å². The van der Waals surface area contributed by atoms with E-state index < -0.39 is 0 Å². The number of hydrogen-bond donors (Lipinski definition) is 1. The summed E-state index contributed by atoms with van der Waals surface area (Å²) < 4.78 is 0. The van der Waals surface area contributed by atoms with E-state index in [1.54, 1.807) is 0 Å². The third kappa shape index (κ3) is 249. The van der Waals surface area contributed by atoms with Gasteiger partial charge in [-0.05, 0) is 6.04 Å². The predicted octanol–water partition coefficient (Wildman–Crippen LogP) is -7.49. The van der Waals surface area contributed by atoms with Gasteiger partial charge in [-0.1, -0.05) is 34.1 Å². The van der Waals surface area contributed by atoms with Crippen LogP contribution in [-0.2, 0) is 0 Å². The summed E-state index contributed by atoms with van der Waals surface area (Å²) in [6, 6.07) is 0.333. The molecule has 0 aromatic carbocycles. The molecule has 0 rings (SSSR count). The van der Waals surface area contributed by atoms with Crippen molar-refractivity contribution in [2.45, 2.75) is 40.2 Å². The topological polar surface area (TPSA) is 26.0 Å². The van der Waals surface area contributed by atoms with Gasteiger partial charge in [0, 0.05) is 0 Å². The van der Waals surface area contributed by atoms with Gasteiger partial charge in [-0.3, -0.25) is 0 Å². The van der Waals surface area contributed by atoms with Crippen LogP contribution in [0.2, 0.25) is 0 Å². The van der Waals surface area contributed by atoms with Crippen molar-refractivity contribution in [3.8, 4) is 0 Å². The van der Waals surface area contributed by atoms with Crippen LogP contribution in [0.3, 0.4) is 0 Å². The van der Waals surface area contributed by atoms with E-state index in [0.29, 0.717) is 6.04 Å². The van der Waals surface area contributed by atoms with Crippen LogP contribution in [0, 0.1) is 0 Å². The second-order valence-corrected chi connectivity index (χ2v) is 1.95. The molecule has 0 aromatic heterocycles. The van der Waals surface area contributed by atoms with Crippen LogP contribution >= 0.6 is 0 Å². The zero-order valence-corrected chi connectivity index (χ0v) is 12.9. The Kier molecular flexibility index (Phi) is 136. The number of nitrogens with two attached hydrogens (primary N) is 1. The quantitative estimate of drug-likeness (QED) is 0.442. The Balaban J connectivity index is -0.00000000597. The molecule has 0 atom stereocenters. The second kappa shape index (κ2) is 39.6. The Hall–Kier alpha value is 2.28. The van der Waals surface area contributed by atoms with Crippen molar-refractivity contribution < 1.29 is 54.3 Å². The molecule has 1 nitrogen and oxygen atoms in total. The molecule has 5 heteroatoms. The molecule has 0 amide bonds. The fraction of sp³-hybridized carbons (Fsp3) is 1.00. The molecule has 11 heavy (non-hydrogen) atoms. The smallest absolute Gasteiger partial charge is 1.00 e. The minimum Gasteiger partial charge on any atom is -1.00 e. The third-order valence-corrected chi connectivity index (χ3v) is 0. The Morgan fingerprint density at radius 1 is 1.18 bits per heavy atom. The van der Waals surface area contributed by atoms with Crippen molar-refractivity contribution in [1.82, 2.24) is 0 Å². The molecular weight excluding hydrogens is 277 g/mol. The van der Waals surface area contributed by atoms with Crippen LogP contribution < -0.4 is 58.6 Å². The van der Waals surface area contributed by atoms with Crippen molar-refractivity contribution in [2.24, 2.45) is 5.73 Å². The van der Waals surface area contributed by atoms with Crippen molar-refractivity contribution in [2.75, 3.05) is 0 Å². The van der Waals surface area contributed by atoms with Gasteiger partial charge in [0.05, 0.1) is 0 Å². The molecule has 0 aliphatic heterocycles. The van der Waals surface area contributed by atoms with E-state index in [-0.39, 0.29) is 77.3 Å². The largest absolute Gasteiger partial charge is 2.00 e. The fourth-order valence-electron chi connectivity index (χ4n) is 0. The summed E-state index contributed by atoms with van der Waals surface area (Å²) in [7, 11) is 0. The maximum Gasteiger partial charge on any atom is 2.00 e. The molecule has 0 heterocycles. The first kappa shape index (κ1) is 37.8. The van der Waals surface area contributed by atoms with E-state index >= 15 is 0 Å². The number of halogens is 2. The van der Waals surface area contributed by atoms with Gasteiger partial charge < -0.3 is 41.1 Å². The van der Waals surface area contributed by atoms with E-state index in [4.69, 9.17) is 5.73 Å². The minimum atomic E-state index is 0. The van der Waals surface area contributed by atoms with E-state index in [0.717, 1.165) is 0 Å². The summed E-state index contributed by atoms with van der Waals surface area (Å²) in [5.41, 5.74) is 5.11. The Labute approximate surface area is 122 Å². The van der Waals surface area contributed by atoms with Crippen molar-refractivity contribution in [3.63, 3.8) is 0 Å². The summed E-state index contributed by atoms with van der Waals surface area (Å²) in [6.45, 7) is 8.14. The molecule has 0 saturated heterocycles. The summed E-state index contributed by atoms with van der Waals surface area (Å²) >= 11 is 0. The Bertz CT molecular complexity index is 36.8. The van der Waals surface area contributed by atoms with Gasteiger partial charge in [0.15, 0.2) is 0 Å². The minimum absolute atomic E-state index is 0. The van der Waals surface area contributed by atoms with Gasteiger partial charge in [-0.15, -0.1) is 0 Å². The molecule has 0 radical (unpaired) electrons. The molecule has 0 saturated carbocycles. The second-order valence-electron chi connectivity index (χ2n) is 1.95. The molecule has 0 spiro atoms.